The second-order valence-corrected chi connectivity index (χ2v) is 8.44. The van der Waals surface area contributed by atoms with E-state index in [0.29, 0.717) is 5.82 Å². The van der Waals surface area contributed by atoms with Crippen molar-refractivity contribution in [1.82, 2.24) is 29.8 Å². The topological polar surface area (TPSA) is 80.2 Å². The van der Waals surface area contributed by atoms with Gasteiger partial charge in [-0.25, -0.2) is 24.9 Å². The molecule has 3 aromatic rings. The summed E-state index contributed by atoms with van der Waals surface area (Å²) < 4.78 is 5.83. The number of anilines is 1. The van der Waals surface area contributed by atoms with Gasteiger partial charge in [0.15, 0.2) is 5.82 Å². The number of pyridine rings is 1. The highest BCUT2D eigenvalue weighted by molar-refractivity contribution is 5.52. The molecule has 5 rings (SSSR count). The lowest BCUT2D eigenvalue weighted by Gasteiger charge is -2.36. The SMILES string of the molecule is CC1CN(c2ccc(CN3CCc4nc(-c5cncnc5)ncc4C3)cn2)CC(C)O1. The van der Waals surface area contributed by atoms with Gasteiger partial charge in [-0.3, -0.25) is 4.90 Å². The van der Waals surface area contributed by atoms with Crippen molar-refractivity contribution in [3.63, 3.8) is 0 Å². The first-order valence-electron chi connectivity index (χ1n) is 10.8. The summed E-state index contributed by atoms with van der Waals surface area (Å²) in [5.74, 6) is 1.72. The smallest absolute Gasteiger partial charge is 0.162 e. The predicted octanol–water partition coefficient (Wildman–Crippen LogP) is 2.50. The van der Waals surface area contributed by atoms with Crippen LogP contribution in [0, 0.1) is 0 Å². The number of nitrogens with zero attached hydrogens (tertiary/aromatic N) is 7. The summed E-state index contributed by atoms with van der Waals surface area (Å²) in [6.45, 7) is 8.69. The van der Waals surface area contributed by atoms with E-state index in [-0.39, 0.29) is 12.2 Å². The number of ether oxygens (including phenoxy) is 1. The summed E-state index contributed by atoms with van der Waals surface area (Å²) in [6, 6.07) is 4.33. The van der Waals surface area contributed by atoms with E-state index >= 15 is 0 Å². The molecule has 0 bridgehead atoms. The lowest BCUT2D eigenvalue weighted by atomic mass is 10.1. The molecule has 1 fully saturated rings. The maximum absolute atomic E-state index is 5.83. The highest BCUT2D eigenvalue weighted by atomic mass is 16.5. The van der Waals surface area contributed by atoms with E-state index < -0.39 is 0 Å². The molecule has 0 aromatic carbocycles. The zero-order valence-electron chi connectivity index (χ0n) is 18.0. The van der Waals surface area contributed by atoms with Gasteiger partial charge in [0.05, 0.1) is 23.5 Å². The van der Waals surface area contributed by atoms with Gasteiger partial charge >= 0.3 is 0 Å². The van der Waals surface area contributed by atoms with Crippen LogP contribution in [0.3, 0.4) is 0 Å². The Hall–Kier alpha value is -2.97. The average molecular weight is 418 g/mol. The molecule has 160 valence electrons. The zero-order valence-corrected chi connectivity index (χ0v) is 18.0. The Morgan fingerprint density at radius 2 is 1.81 bits per heavy atom. The molecule has 5 heterocycles. The van der Waals surface area contributed by atoms with Crippen LogP contribution in [0.5, 0.6) is 0 Å². The van der Waals surface area contributed by atoms with Crippen LogP contribution in [0.2, 0.25) is 0 Å². The minimum atomic E-state index is 0.232. The molecule has 0 amide bonds. The molecule has 2 aliphatic rings. The molecule has 2 atom stereocenters. The normalized spacial score (nSPS) is 21.7. The molecular formula is C23H27N7O. The molecule has 2 aliphatic heterocycles. The van der Waals surface area contributed by atoms with Crippen molar-refractivity contribution in [1.29, 1.82) is 0 Å². The highest BCUT2D eigenvalue weighted by Gasteiger charge is 2.23. The van der Waals surface area contributed by atoms with Crippen LogP contribution in [0.4, 0.5) is 5.82 Å². The highest BCUT2D eigenvalue weighted by Crippen LogP contribution is 2.23. The Morgan fingerprint density at radius 1 is 1.00 bits per heavy atom. The lowest BCUT2D eigenvalue weighted by Crippen LogP contribution is -2.45. The van der Waals surface area contributed by atoms with Gasteiger partial charge in [0.2, 0.25) is 0 Å². The molecule has 3 aromatic heterocycles. The maximum Gasteiger partial charge on any atom is 0.162 e. The molecule has 2 unspecified atom stereocenters. The first-order valence-corrected chi connectivity index (χ1v) is 10.8. The van der Waals surface area contributed by atoms with Gasteiger partial charge in [0, 0.05) is 69.5 Å². The van der Waals surface area contributed by atoms with Crippen molar-refractivity contribution < 1.29 is 4.74 Å². The molecule has 0 N–H and O–H groups in total. The van der Waals surface area contributed by atoms with Gasteiger partial charge in [-0.15, -0.1) is 0 Å². The van der Waals surface area contributed by atoms with E-state index in [9.17, 15) is 0 Å². The summed E-state index contributed by atoms with van der Waals surface area (Å²) >= 11 is 0. The van der Waals surface area contributed by atoms with Crippen LogP contribution in [0.1, 0.15) is 30.7 Å². The van der Waals surface area contributed by atoms with E-state index in [1.807, 2.05) is 12.4 Å². The maximum atomic E-state index is 5.83. The van der Waals surface area contributed by atoms with E-state index in [2.05, 4.69) is 50.7 Å². The Kier molecular flexibility index (Phi) is 5.57. The van der Waals surface area contributed by atoms with Crippen LogP contribution < -0.4 is 4.90 Å². The van der Waals surface area contributed by atoms with Crippen molar-refractivity contribution in [3.8, 4) is 11.4 Å². The van der Waals surface area contributed by atoms with Gasteiger partial charge in [0.1, 0.15) is 12.1 Å². The molecule has 0 aliphatic carbocycles. The number of rotatable bonds is 4. The summed E-state index contributed by atoms with van der Waals surface area (Å²) in [7, 11) is 0. The van der Waals surface area contributed by atoms with E-state index in [1.54, 1.807) is 12.4 Å². The average Bonchev–Trinajstić information content (AvgIpc) is 2.79. The second kappa shape index (κ2) is 8.64. The van der Waals surface area contributed by atoms with Gasteiger partial charge in [-0.05, 0) is 25.5 Å². The van der Waals surface area contributed by atoms with Gasteiger partial charge in [0.25, 0.3) is 0 Å². The summed E-state index contributed by atoms with van der Waals surface area (Å²) in [5, 5.41) is 0. The Bertz CT molecular complexity index is 1020. The molecular weight excluding hydrogens is 390 g/mol. The van der Waals surface area contributed by atoms with Gasteiger partial charge < -0.3 is 9.64 Å². The fraction of sp³-hybridized carbons (Fsp3) is 0.435. The van der Waals surface area contributed by atoms with Crippen LogP contribution in [-0.4, -0.2) is 61.7 Å². The first kappa shape index (κ1) is 20.0. The molecule has 8 heteroatoms. The number of fused-ring (bicyclic) bond motifs is 1. The molecule has 0 saturated carbocycles. The minimum absolute atomic E-state index is 0.232. The third-order valence-electron chi connectivity index (χ3n) is 5.79. The van der Waals surface area contributed by atoms with Crippen LogP contribution in [-0.2, 0) is 24.2 Å². The fourth-order valence-electron chi connectivity index (χ4n) is 4.38. The number of morpholine rings is 1. The van der Waals surface area contributed by atoms with Crippen molar-refractivity contribution in [2.45, 2.75) is 45.6 Å². The molecule has 0 radical (unpaired) electrons. The van der Waals surface area contributed by atoms with Crippen molar-refractivity contribution in [2.24, 2.45) is 0 Å². The van der Waals surface area contributed by atoms with E-state index in [4.69, 9.17) is 14.7 Å². The predicted molar refractivity (Wildman–Crippen MR) is 117 cm³/mol. The van der Waals surface area contributed by atoms with E-state index in [1.165, 1.54) is 17.5 Å². The Morgan fingerprint density at radius 3 is 2.55 bits per heavy atom. The van der Waals surface area contributed by atoms with Gasteiger partial charge in [-0.2, -0.15) is 0 Å². The fourth-order valence-corrected chi connectivity index (χ4v) is 4.38. The standard InChI is InChI=1S/C23H27N7O/c1-16-11-30(12-17(2)31-16)22-4-3-18(7-26-22)13-29-6-5-21-20(14-29)10-27-23(28-21)19-8-24-15-25-9-19/h3-4,7-10,15-17H,5-6,11-14H2,1-2H3. The second-order valence-electron chi connectivity index (χ2n) is 8.44. The number of hydrogen-bond acceptors (Lipinski definition) is 8. The largest absolute Gasteiger partial charge is 0.372 e. The van der Waals surface area contributed by atoms with Crippen molar-refractivity contribution in [3.05, 3.63) is 60.1 Å². The van der Waals surface area contributed by atoms with Crippen molar-refractivity contribution >= 4 is 5.82 Å². The number of aromatic nitrogens is 5. The Labute approximate surface area is 182 Å². The van der Waals surface area contributed by atoms with Crippen LogP contribution in [0.25, 0.3) is 11.4 Å². The van der Waals surface area contributed by atoms with E-state index in [0.717, 1.165) is 56.2 Å². The third kappa shape index (κ3) is 4.55. The summed E-state index contributed by atoms with van der Waals surface area (Å²) in [6.07, 6.45) is 10.3. The first-order chi connectivity index (χ1) is 15.1. The summed E-state index contributed by atoms with van der Waals surface area (Å²) in [5.41, 5.74) is 4.38. The molecule has 31 heavy (non-hydrogen) atoms. The minimum Gasteiger partial charge on any atom is -0.372 e. The lowest BCUT2D eigenvalue weighted by molar-refractivity contribution is -0.00546. The van der Waals surface area contributed by atoms with Crippen molar-refractivity contribution in [2.75, 3.05) is 24.5 Å². The molecule has 8 nitrogen and oxygen atoms in total. The number of hydrogen-bond donors (Lipinski definition) is 0. The van der Waals surface area contributed by atoms with Gasteiger partial charge in [-0.1, -0.05) is 6.07 Å². The van der Waals surface area contributed by atoms with Crippen LogP contribution >= 0.6 is 0 Å². The summed E-state index contributed by atoms with van der Waals surface area (Å²) in [4.78, 5) is 26.9. The third-order valence-corrected chi connectivity index (χ3v) is 5.79. The molecule has 1 saturated heterocycles. The Balaban J connectivity index is 1.23. The monoisotopic (exact) mass is 417 g/mol. The van der Waals surface area contributed by atoms with Crippen LogP contribution in [0.15, 0.2) is 43.2 Å². The quantitative estimate of drug-likeness (QED) is 0.641. The molecule has 0 spiro atoms. The zero-order chi connectivity index (χ0) is 21.2.